The van der Waals surface area contributed by atoms with Crippen LogP contribution in [0.4, 0.5) is 5.69 Å². The van der Waals surface area contributed by atoms with Gasteiger partial charge in [-0.15, -0.1) is 0 Å². The van der Waals surface area contributed by atoms with Crippen LogP contribution in [-0.4, -0.2) is 17.4 Å². The van der Waals surface area contributed by atoms with E-state index in [1.54, 1.807) is 18.5 Å². The third-order valence-corrected chi connectivity index (χ3v) is 3.71. The van der Waals surface area contributed by atoms with E-state index in [1.807, 2.05) is 0 Å². The van der Waals surface area contributed by atoms with Gasteiger partial charge in [0.1, 0.15) is 0 Å². The van der Waals surface area contributed by atoms with E-state index in [4.69, 9.17) is 5.84 Å². The number of aromatic nitrogens is 1. The Labute approximate surface area is 107 Å². The monoisotopic (exact) mass is 248 g/mol. The van der Waals surface area contributed by atoms with Crippen molar-refractivity contribution < 1.29 is 4.79 Å². The molecule has 98 valence electrons. The van der Waals surface area contributed by atoms with E-state index in [0.717, 1.165) is 6.54 Å². The molecule has 0 radical (unpaired) electrons. The maximum atomic E-state index is 12.1. The molecule has 4 N–H and O–H groups in total. The Morgan fingerprint density at radius 2 is 2.22 bits per heavy atom. The molecule has 5 heteroatoms. The Balaban J connectivity index is 1.99. The SMILES string of the molecule is CC1(CNC(=O)c2ccncc2NN)CCCC1. The Kier molecular flexibility index (Phi) is 3.81. The molecule has 1 fully saturated rings. The molecule has 0 bridgehead atoms. The number of carbonyl (C=O) groups is 1. The summed E-state index contributed by atoms with van der Waals surface area (Å²) in [5, 5.41) is 2.99. The van der Waals surface area contributed by atoms with E-state index in [-0.39, 0.29) is 11.3 Å². The molecule has 0 spiro atoms. The highest BCUT2D eigenvalue weighted by atomic mass is 16.1. The van der Waals surface area contributed by atoms with Crippen LogP contribution in [0.2, 0.25) is 0 Å². The first-order chi connectivity index (χ1) is 8.64. The van der Waals surface area contributed by atoms with Crippen LogP contribution in [0.1, 0.15) is 43.0 Å². The molecular weight excluding hydrogens is 228 g/mol. The van der Waals surface area contributed by atoms with Crippen molar-refractivity contribution in [1.29, 1.82) is 0 Å². The van der Waals surface area contributed by atoms with Gasteiger partial charge in [-0.3, -0.25) is 15.6 Å². The normalized spacial score (nSPS) is 17.4. The molecule has 1 saturated carbocycles. The molecule has 0 atom stereocenters. The highest BCUT2D eigenvalue weighted by molar-refractivity contribution is 5.99. The first kappa shape index (κ1) is 12.8. The zero-order valence-corrected chi connectivity index (χ0v) is 10.7. The van der Waals surface area contributed by atoms with E-state index in [2.05, 4.69) is 22.7 Å². The van der Waals surface area contributed by atoms with Gasteiger partial charge >= 0.3 is 0 Å². The Hall–Kier alpha value is -1.62. The summed E-state index contributed by atoms with van der Waals surface area (Å²) in [7, 11) is 0. The smallest absolute Gasteiger partial charge is 0.253 e. The van der Waals surface area contributed by atoms with Gasteiger partial charge in [0.25, 0.3) is 5.91 Å². The molecule has 18 heavy (non-hydrogen) atoms. The van der Waals surface area contributed by atoms with E-state index in [9.17, 15) is 4.79 Å². The maximum absolute atomic E-state index is 12.1. The summed E-state index contributed by atoms with van der Waals surface area (Å²) < 4.78 is 0. The molecule has 0 aliphatic heterocycles. The topological polar surface area (TPSA) is 80.0 Å². The molecule has 0 saturated heterocycles. The van der Waals surface area contributed by atoms with Crippen LogP contribution in [0.5, 0.6) is 0 Å². The number of rotatable bonds is 4. The fourth-order valence-corrected chi connectivity index (χ4v) is 2.50. The van der Waals surface area contributed by atoms with Gasteiger partial charge in [-0.1, -0.05) is 19.8 Å². The van der Waals surface area contributed by atoms with Gasteiger partial charge in [-0.2, -0.15) is 0 Å². The van der Waals surface area contributed by atoms with Crippen LogP contribution in [0.25, 0.3) is 0 Å². The van der Waals surface area contributed by atoms with Crippen molar-refractivity contribution in [2.75, 3.05) is 12.0 Å². The van der Waals surface area contributed by atoms with Crippen molar-refractivity contribution in [3.63, 3.8) is 0 Å². The molecule has 1 aromatic rings. The number of pyridine rings is 1. The van der Waals surface area contributed by atoms with Crippen molar-refractivity contribution in [3.05, 3.63) is 24.0 Å². The molecule has 1 aromatic heterocycles. The van der Waals surface area contributed by atoms with Crippen LogP contribution in [-0.2, 0) is 0 Å². The standard InChI is InChI=1S/C13H20N4O/c1-13(5-2-3-6-13)9-16-12(18)10-4-7-15-8-11(10)17-14/h4,7-8,17H,2-3,5-6,9,14H2,1H3,(H,16,18). The molecular formula is C13H20N4O. The second-order valence-electron chi connectivity index (χ2n) is 5.27. The number of hydrogen-bond donors (Lipinski definition) is 3. The van der Waals surface area contributed by atoms with Crippen molar-refractivity contribution in [2.24, 2.45) is 11.3 Å². The molecule has 1 aliphatic rings. The van der Waals surface area contributed by atoms with E-state index in [1.165, 1.54) is 25.7 Å². The van der Waals surface area contributed by atoms with Crippen molar-refractivity contribution >= 4 is 11.6 Å². The minimum Gasteiger partial charge on any atom is -0.351 e. The van der Waals surface area contributed by atoms with Gasteiger partial charge < -0.3 is 10.7 Å². The van der Waals surface area contributed by atoms with Crippen LogP contribution >= 0.6 is 0 Å². The maximum Gasteiger partial charge on any atom is 0.253 e. The van der Waals surface area contributed by atoms with Gasteiger partial charge in [0.15, 0.2) is 0 Å². The number of nitrogens with zero attached hydrogens (tertiary/aromatic N) is 1. The van der Waals surface area contributed by atoms with Gasteiger partial charge in [0.05, 0.1) is 17.4 Å². The second kappa shape index (κ2) is 5.35. The molecule has 2 rings (SSSR count). The summed E-state index contributed by atoms with van der Waals surface area (Å²) in [5.74, 6) is 5.26. The van der Waals surface area contributed by atoms with Gasteiger partial charge in [-0.25, -0.2) is 0 Å². The second-order valence-corrected chi connectivity index (χ2v) is 5.27. The fourth-order valence-electron chi connectivity index (χ4n) is 2.50. The highest BCUT2D eigenvalue weighted by Gasteiger charge is 2.29. The van der Waals surface area contributed by atoms with Gasteiger partial charge in [0, 0.05) is 12.7 Å². The molecule has 5 nitrogen and oxygen atoms in total. The summed E-state index contributed by atoms with van der Waals surface area (Å²) in [5.41, 5.74) is 3.82. The molecule has 0 aromatic carbocycles. The first-order valence-electron chi connectivity index (χ1n) is 6.33. The van der Waals surface area contributed by atoms with Crippen molar-refractivity contribution in [3.8, 4) is 0 Å². The first-order valence-corrected chi connectivity index (χ1v) is 6.33. The molecule has 1 amide bonds. The minimum atomic E-state index is -0.0986. The van der Waals surface area contributed by atoms with Gasteiger partial charge in [-0.05, 0) is 24.3 Å². The number of hydrazine groups is 1. The van der Waals surface area contributed by atoms with E-state index < -0.39 is 0 Å². The third-order valence-electron chi connectivity index (χ3n) is 3.71. The number of carbonyl (C=O) groups excluding carboxylic acids is 1. The minimum absolute atomic E-state index is 0.0986. The molecule has 1 aliphatic carbocycles. The van der Waals surface area contributed by atoms with E-state index in [0.29, 0.717) is 11.3 Å². The van der Waals surface area contributed by atoms with Crippen LogP contribution in [0, 0.1) is 5.41 Å². The Morgan fingerprint density at radius 1 is 1.50 bits per heavy atom. The van der Waals surface area contributed by atoms with Gasteiger partial charge in [0.2, 0.25) is 0 Å². The summed E-state index contributed by atoms with van der Waals surface area (Å²) in [6, 6.07) is 1.67. The average molecular weight is 248 g/mol. The van der Waals surface area contributed by atoms with Crippen LogP contribution in [0.15, 0.2) is 18.5 Å². The zero-order valence-electron chi connectivity index (χ0n) is 10.7. The number of anilines is 1. The number of amides is 1. The van der Waals surface area contributed by atoms with Crippen LogP contribution in [0.3, 0.4) is 0 Å². The Bertz CT molecular complexity index is 427. The number of hydrogen-bond acceptors (Lipinski definition) is 4. The highest BCUT2D eigenvalue weighted by Crippen LogP contribution is 2.36. The molecule has 0 unspecified atom stereocenters. The summed E-state index contributed by atoms with van der Waals surface area (Å²) in [6.07, 6.45) is 8.03. The fraction of sp³-hybridized carbons (Fsp3) is 0.538. The van der Waals surface area contributed by atoms with Crippen LogP contribution < -0.4 is 16.6 Å². The number of nitrogen functional groups attached to an aromatic ring is 1. The Morgan fingerprint density at radius 3 is 2.89 bits per heavy atom. The quantitative estimate of drug-likeness (QED) is 0.559. The lowest BCUT2D eigenvalue weighted by atomic mass is 9.89. The lowest BCUT2D eigenvalue weighted by Gasteiger charge is -2.23. The summed E-state index contributed by atoms with van der Waals surface area (Å²) >= 11 is 0. The van der Waals surface area contributed by atoms with Crippen molar-refractivity contribution in [1.82, 2.24) is 10.3 Å². The van der Waals surface area contributed by atoms with E-state index >= 15 is 0 Å². The third kappa shape index (κ3) is 2.79. The summed E-state index contributed by atoms with van der Waals surface area (Å²) in [4.78, 5) is 16.0. The zero-order chi connectivity index (χ0) is 13.0. The molecule has 1 heterocycles. The predicted molar refractivity (Wildman–Crippen MR) is 71.0 cm³/mol. The lowest BCUT2D eigenvalue weighted by Crippen LogP contribution is -2.34. The van der Waals surface area contributed by atoms with Crippen molar-refractivity contribution in [2.45, 2.75) is 32.6 Å². The predicted octanol–water partition coefficient (Wildman–Crippen LogP) is 1.68. The summed E-state index contributed by atoms with van der Waals surface area (Å²) in [6.45, 7) is 2.95. The number of nitrogens with one attached hydrogen (secondary N) is 2. The lowest BCUT2D eigenvalue weighted by molar-refractivity contribution is 0.0935. The average Bonchev–Trinajstić information content (AvgIpc) is 2.83. The largest absolute Gasteiger partial charge is 0.351 e. The number of nitrogens with two attached hydrogens (primary N) is 1.